The maximum absolute atomic E-state index is 14.7. The summed E-state index contributed by atoms with van der Waals surface area (Å²) in [6.45, 7) is 8.23. The van der Waals surface area contributed by atoms with E-state index in [1.807, 2.05) is 18.9 Å². The van der Waals surface area contributed by atoms with Gasteiger partial charge < -0.3 is 20.3 Å². The molecule has 3 N–H and O–H groups in total. The van der Waals surface area contributed by atoms with Crippen molar-refractivity contribution in [3.63, 3.8) is 0 Å². The Labute approximate surface area is 210 Å². The molecule has 2 heterocycles. The van der Waals surface area contributed by atoms with Crippen LogP contribution in [0.1, 0.15) is 43.9 Å². The molecule has 1 aromatic rings. The van der Waals surface area contributed by atoms with Gasteiger partial charge in [0.25, 0.3) is 0 Å². The number of likely N-dealkylation sites (tertiary alicyclic amines) is 1. The summed E-state index contributed by atoms with van der Waals surface area (Å²) in [4.78, 5) is 13.7. The van der Waals surface area contributed by atoms with Crippen LogP contribution >= 0.6 is 0 Å². The number of alkyl halides is 4. The van der Waals surface area contributed by atoms with Crippen molar-refractivity contribution in [1.29, 1.82) is 0 Å². The Morgan fingerprint density at radius 2 is 2.14 bits per heavy atom. The van der Waals surface area contributed by atoms with Crippen LogP contribution in [0.15, 0.2) is 42.5 Å². The first-order valence-corrected chi connectivity index (χ1v) is 12.3. The van der Waals surface area contributed by atoms with Gasteiger partial charge in [0.05, 0.1) is 12.1 Å². The van der Waals surface area contributed by atoms with E-state index in [9.17, 15) is 22.4 Å². The summed E-state index contributed by atoms with van der Waals surface area (Å²) in [5.41, 5.74) is 0.930. The maximum Gasteiger partial charge on any atom is 0.413 e. The lowest BCUT2D eigenvalue weighted by atomic mass is 9.85. The molecule has 3 rings (SSSR count). The van der Waals surface area contributed by atoms with E-state index < -0.39 is 42.1 Å². The minimum atomic E-state index is -4.58. The number of anilines is 1. The molecule has 1 amide bonds. The van der Waals surface area contributed by atoms with E-state index in [2.05, 4.69) is 22.5 Å². The lowest BCUT2D eigenvalue weighted by Gasteiger charge is -2.37. The molecule has 0 radical (unpaired) electrons. The molecule has 1 fully saturated rings. The van der Waals surface area contributed by atoms with Gasteiger partial charge >= 0.3 is 12.3 Å². The van der Waals surface area contributed by atoms with Gasteiger partial charge in [0.1, 0.15) is 12.3 Å². The monoisotopic (exact) mass is 512 g/mol. The molecule has 1 aromatic carbocycles. The average Bonchev–Trinajstić information content (AvgIpc) is 2.82. The molecule has 2 aliphatic heterocycles. The van der Waals surface area contributed by atoms with E-state index in [4.69, 9.17) is 4.74 Å². The van der Waals surface area contributed by atoms with Crippen molar-refractivity contribution in [2.75, 3.05) is 32.0 Å². The molecule has 0 saturated carbocycles. The zero-order chi connectivity index (χ0) is 26.5. The van der Waals surface area contributed by atoms with Gasteiger partial charge in [-0.05, 0) is 50.4 Å². The number of carbonyl (C=O) groups is 1. The number of alkyl carbamates (subject to hydrolysis) is 1. The lowest BCUT2D eigenvalue weighted by molar-refractivity contribution is -0.0968. The zero-order valence-electron chi connectivity index (χ0n) is 21.0. The molecular weight excluding hydrogens is 476 g/mol. The molecule has 2 unspecified atom stereocenters. The molecule has 36 heavy (non-hydrogen) atoms. The Morgan fingerprint density at radius 1 is 1.39 bits per heavy atom. The van der Waals surface area contributed by atoms with Crippen LogP contribution in [0.5, 0.6) is 0 Å². The van der Waals surface area contributed by atoms with Crippen molar-refractivity contribution in [3.8, 4) is 0 Å². The first-order valence-electron chi connectivity index (χ1n) is 12.3. The van der Waals surface area contributed by atoms with Gasteiger partial charge in [-0.3, -0.25) is 5.32 Å². The highest BCUT2D eigenvalue weighted by Gasteiger charge is 2.41. The maximum atomic E-state index is 14.7. The Kier molecular flexibility index (Phi) is 9.41. The fourth-order valence-electron chi connectivity index (χ4n) is 4.50. The van der Waals surface area contributed by atoms with E-state index in [-0.39, 0.29) is 12.6 Å². The van der Waals surface area contributed by atoms with Gasteiger partial charge in [-0.15, -0.1) is 0 Å². The number of nitrogens with one attached hydrogen (secondary N) is 3. The number of hydrogen-bond donors (Lipinski definition) is 3. The molecule has 1 saturated heterocycles. The van der Waals surface area contributed by atoms with Crippen LogP contribution in [0.25, 0.3) is 0 Å². The molecule has 0 aliphatic carbocycles. The van der Waals surface area contributed by atoms with Gasteiger partial charge in [-0.2, -0.15) is 13.2 Å². The summed E-state index contributed by atoms with van der Waals surface area (Å²) >= 11 is 0. The van der Waals surface area contributed by atoms with Gasteiger partial charge in [-0.1, -0.05) is 37.8 Å². The molecule has 0 aromatic heterocycles. The molecule has 2 aliphatic rings. The predicted molar refractivity (Wildman–Crippen MR) is 133 cm³/mol. The van der Waals surface area contributed by atoms with Crippen LogP contribution in [-0.4, -0.2) is 68.2 Å². The van der Waals surface area contributed by atoms with E-state index in [0.29, 0.717) is 42.6 Å². The average molecular weight is 513 g/mol. The third-order valence-electron chi connectivity index (χ3n) is 6.74. The number of fused-ring (bicyclic) bond motifs is 1. The summed E-state index contributed by atoms with van der Waals surface area (Å²) in [6.07, 6.45) is -1.33. The highest BCUT2D eigenvalue weighted by Crippen LogP contribution is 2.40. The predicted octanol–water partition coefficient (Wildman–Crippen LogP) is 4.90. The number of nitrogens with zero attached hydrogens (tertiary/aromatic N) is 1. The van der Waals surface area contributed by atoms with Crippen molar-refractivity contribution in [1.82, 2.24) is 15.5 Å². The van der Waals surface area contributed by atoms with Crippen LogP contribution in [0.3, 0.4) is 0 Å². The second-order valence-corrected chi connectivity index (χ2v) is 9.56. The number of carbonyl (C=O) groups excluding carboxylic acids is 1. The minimum Gasteiger partial charge on any atom is -0.447 e. The number of halogens is 4. The van der Waals surface area contributed by atoms with E-state index in [1.54, 1.807) is 37.3 Å². The largest absolute Gasteiger partial charge is 0.447 e. The second kappa shape index (κ2) is 12.1. The summed E-state index contributed by atoms with van der Waals surface area (Å²) in [5.74, 6) is 0. The first kappa shape index (κ1) is 28.0. The summed E-state index contributed by atoms with van der Waals surface area (Å²) in [5, 5.41) is 8.91. The normalized spacial score (nSPS) is 25.8. The number of hydrogen-bond acceptors (Lipinski definition) is 5. The van der Waals surface area contributed by atoms with Crippen molar-refractivity contribution in [2.45, 2.75) is 69.7 Å². The Balaban J connectivity index is 1.79. The topological polar surface area (TPSA) is 65.6 Å². The third kappa shape index (κ3) is 7.22. The summed E-state index contributed by atoms with van der Waals surface area (Å²) in [7, 11) is 1.86. The van der Waals surface area contributed by atoms with E-state index in [1.165, 1.54) is 0 Å². The smallest absolute Gasteiger partial charge is 0.413 e. The SMILES string of the molecule is C=C(C1NC(/C=C/CNC(=O)O[C@H](C)CC)Cc2c(N[C@@H]3CCN(C)C[C@@H]3F)cccc21)C(F)(F)F. The van der Waals surface area contributed by atoms with E-state index in [0.717, 1.165) is 6.54 Å². The molecule has 6 nitrogen and oxygen atoms in total. The summed E-state index contributed by atoms with van der Waals surface area (Å²) < 4.78 is 60.8. The first-order chi connectivity index (χ1) is 17.0. The fourth-order valence-corrected chi connectivity index (χ4v) is 4.50. The van der Waals surface area contributed by atoms with Crippen molar-refractivity contribution < 1.29 is 27.1 Å². The van der Waals surface area contributed by atoms with Crippen molar-refractivity contribution in [2.24, 2.45) is 0 Å². The standard InChI is InChI=1S/C26H36F4N4O2/c1-5-16(2)36-25(35)31-12-7-8-18-14-20-19(24(32-18)17(3)26(28,29)30)9-6-10-22(20)33-23-11-13-34(4)15-21(23)27/h6-10,16,18,21,23-24,32-33H,3,5,11-15H2,1-2,4H3,(H,31,35)/b8-7+/t16-,18?,21+,23-,24?/m1/s1. The zero-order valence-corrected chi connectivity index (χ0v) is 21.0. The molecule has 5 atom stereocenters. The van der Waals surface area contributed by atoms with Gasteiger partial charge in [0.2, 0.25) is 0 Å². The van der Waals surface area contributed by atoms with Gasteiger partial charge in [0.15, 0.2) is 0 Å². The highest BCUT2D eigenvalue weighted by molar-refractivity contribution is 5.67. The van der Waals surface area contributed by atoms with Crippen LogP contribution in [0.4, 0.5) is 28.0 Å². The second-order valence-electron chi connectivity index (χ2n) is 9.56. The van der Waals surface area contributed by atoms with Crippen LogP contribution in [-0.2, 0) is 11.2 Å². The third-order valence-corrected chi connectivity index (χ3v) is 6.74. The van der Waals surface area contributed by atoms with E-state index >= 15 is 0 Å². The summed E-state index contributed by atoms with van der Waals surface area (Å²) in [6, 6.07) is 3.12. The minimum absolute atomic E-state index is 0.171. The Bertz CT molecular complexity index is 952. The van der Waals surface area contributed by atoms with Gasteiger partial charge in [-0.25, -0.2) is 9.18 Å². The highest BCUT2D eigenvalue weighted by atomic mass is 19.4. The Hall–Kier alpha value is -2.59. The van der Waals surface area contributed by atoms with Crippen LogP contribution in [0.2, 0.25) is 0 Å². The number of amides is 1. The molecule has 0 spiro atoms. The number of piperidine rings is 1. The van der Waals surface area contributed by atoms with Gasteiger partial charge in [0, 0.05) is 36.9 Å². The fraction of sp³-hybridized carbons (Fsp3) is 0.577. The molecule has 200 valence electrons. The van der Waals surface area contributed by atoms with Crippen LogP contribution < -0.4 is 16.0 Å². The van der Waals surface area contributed by atoms with Crippen LogP contribution in [0, 0.1) is 0 Å². The molecule has 0 bridgehead atoms. The molecule has 10 heteroatoms. The lowest BCUT2D eigenvalue weighted by Crippen LogP contribution is -2.46. The quantitative estimate of drug-likeness (QED) is 0.342. The number of rotatable bonds is 8. The Morgan fingerprint density at radius 3 is 2.81 bits per heavy atom. The number of ether oxygens (including phenoxy) is 1. The number of benzene rings is 1. The van der Waals surface area contributed by atoms with Crippen molar-refractivity contribution in [3.05, 3.63) is 53.6 Å². The molecular formula is C26H36F4N4O2. The van der Waals surface area contributed by atoms with Crippen molar-refractivity contribution >= 4 is 11.8 Å².